The summed E-state index contributed by atoms with van der Waals surface area (Å²) in [6.45, 7) is 7.18. The number of halogens is 2. The van der Waals surface area contributed by atoms with Crippen molar-refractivity contribution in [1.29, 1.82) is 0 Å². The first-order valence-electron chi connectivity index (χ1n) is 9.49. The zero-order chi connectivity index (χ0) is 20.1. The maximum atomic E-state index is 13.3. The van der Waals surface area contributed by atoms with Gasteiger partial charge in [0.1, 0.15) is 11.0 Å². The molecule has 1 aliphatic rings. The smallest absolute Gasteiger partial charge is 0.131 e. The minimum Gasteiger partial charge on any atom is -0.306 e. The molecule has 7 heteroatoms. The van der Waals surface area contributed by atoms with E-state index < -0.39 is 0 Å². The van der Waals surface area contributed by atoms with Gasteiger partial charge in [-0.2, -0.15) is 10.2 Å². The lowest BCUT2D eigenvalue weighted by atomic mass is 9.74. The molecule has 1 atom stereocenters. The molecule has 0 amide bonds. The van der Waals surface area contributed by atoms with E-state index in [1.165, 1.54) is 23.4 Å². The summed E-state index contributed by atoms with van der Waals surface area (Å²) in [6.07, 6.45) is 3.86. The van der Waals surface area contributed by atoms with Crippen LogP contribution in [0, 0.1) is 18.2 Å². The number of rotatable bonds is 4. The van der Waals surface area contributed by atoms with E-state index in [9.17, 15) is 4.39 Å². The molecule has 0 saturated heterocycles. The summed E-state index contributed by atoms with van der Waals surface area (Å²) >= 11 is 6.40. The molecule has 28 heavy (non-hydrogen) atoms. The fraction of sp³-hybridized carbons (Fsp3) is 0.429. The minimum atomic E-state index is -0.242. The number of aromatic nitrogens is 4. The van der Waals surface area contributed by atoms with Crippen LogP contribution in [0.5, 0.6) is 0 Å². The van der Waals surface area contributed by atoms with E-state index in [2.05, 4.69) is 29.4 Å². The van der Waals surface area contributed by atoms with Crippen LogP contribution in [-0.2, 0) is 20.0 Å². The van der Waals surface area contributed by atoms with E-state index >= 15 is 0 Å². The molecule has 4 rings (SSSR count). The molecule has 0 aliphatic heterocycles. The van der Waals surface area contributed by atoms with E-state index in [4.69, 9.17) is 11.6 Å². The number of nitrogens with one attached hydrogen (secondary N) is 1. The normalized spacial score (nSPS) is 18.3. The average molecular weight is 402 g/mol. The van der Waals surface area contributed by atoms with Crippen LogP contribution in [0.2, 0.25) is 5.15 Å². The van der Waals surface area contributed by atoms with Crippen molar-refractivity contribution < 1.29 is 4.39 Å². The average Bonchev–Trinajstić information content (AvgIpc) is 3.14. The molecule has 3 aromatic rings. The van der Waals surface area contributed by atoms with Crippen LogP contribution >= 0.6 is 11.6 Å². The summed E-state index contributed by atoms with van der Waals surface area (Å²) in [5, 5.41) is 13.4. The highest BCUT2D eigenvalue weighted by Crippen LogP contribution is 2.41. The molecular formula is C21H25ClFN5. The molecule has 2 aromatic heterocycles. The van der Waals surface area contributed by atoms with Crippen molar-refractivity contribution in [2.24, 2.45) is 12.5 Å². The van der Waals surface area contributed by atoms with Gasteiger partial charge in [0.2, 0.25) is 0 Å². The van der Waals surface area contributed by atoms with Gasteiger partial charge >= 0.3 is 0 Å². The zero-order valence-corrected chi connectivity index (χ0v) is 17.4. The number of hydrogen-bond donors (Lipinski definition) is 1. The molecular weight excluding hydrogens is 377 g/mol. The molecule has 0 bridgehead atoms. The van der Waals surface area contributed by atoms with Gasteiger partial charge in [0.25, 0.3) is 0 Å². The predicted octanol–water partition coefficient (Wildman–Crippen LogP) is 4.51. The van der Waals surface area contributed by atoms with Crippen molar-refractivity contribution in [2.75, 3.05) is 0 Å². The van der Waals surface area contributed by atoms with E-state index in [1.807, 2.05) is 24.9 Å². The second kappa shape index (κ2) is 7.01. The Morgan fingerprint density at radius 2 is 2.00 bits per heavy atom. The first kappa shape index (κ1) is 19.2. The second-order valence-electron chi connectivity index (χ2n) is 8.39. The van der Waals surface area contributed by atoms with Crippen LogP contribution in [0.3, 0.4) is 0 Å². The zero-order valence-electron chi connectivity index (χ0n) is 16.6. The number of nitrogens with zero attached hydrogens (tertiary/aromatic N) is 4. The van der Waals surface area contributed by atoms with Gasteiger partial charge in [0.15, 0.2) is 0 Å². The third-order valence-electron chi connectivity index (χ3n) is 5.55. The van der Waals surface area contributed by atoms with Crippen LogP contribution in [0.15, 0.2) is 30.5 Å². The van der Waals surface area contributed by atoms with Gasteiger partial charge in [0, 0.05) is 36.5 Å². The van der Waals surface area contributed by atoms with Gasteiger partial charge in [-0.1, -0.05) is 25.4 Å². The Bertz CT molecular complexity index is 1000. The van der Waals surface area contributed by atoms with Crippen molar-refractivity contribution in [3.63, 3.8) is 0 Å². The SMILES string of the molecule is Cc1nn(C)c(Cl)c1CN[C@@H]1CC(C)(C)Cc2c1cnn2-c1ccc(F)cc1. The van der Waals surface area contributed by atoms with Crippen molar-refractivity contribution in [1.82, 2.24) is 24.9 Å². The Hall–Kier alpha value is -2.18. The second-order valence-corrected chi connectivity index (χ2v) is 8.75. The van der Waals surface area contributed by atoms with Gasteiger partial charge in [0.05, 0.1) is 17.6 Å². The van der Waals surface area contributed by atoms with Crippen LogP contribution in [0.4, 0.5) is 4.39 Å². The fourth-order valence-corrected chi connectivity index (χ4v) is 4.37. The maximum absolute atomic E-state index is 13.3. The van der Waals surface area contributed by atoms with Crippen molar-refractivity contribution >= 4 is 11.6 Å². The standard InChI is InChI=1S/C21H25ClFN5/c1-13-16(20(22)27(4)26-13)11-24-18-9-21(2,3)10-19-17(18)12-25-28(19)15-7-5-14(23)6-8-15/h5-8,12,18,24H,9-11H2,1-4H3/t18-/m1/s1. The van der Waals surface area contributed by atoms with E-state index in [0.717, 1.165) is 29.8 Å². The first-order valence-corrected chi connectivity index (χ1v) is 9.87. The van der Waals surface area contributed by atoms with Crippen molar-refractivity contribution in [3.8, 4) is 5.69 Å². The Morgan fingerprint density at radius 3 is 2.64 bits per heavy atom. The lowest BCUT2D eigenvalue weighted by Crippen LogP contribution is -2.33. The summed E-state index contributed by atoms with van der Waals surface area (Å²) < 4.78 is 17.0. The van der Waals surface area contributed by atoms with Crippen LogP contribution in [0.1, 0.15) is 48.8 Å². The molecule has 1 aromatic carbocycles. The molecule has 0 fully saturated rings. The van der Waals surface area contributed by atoms with Crippen LogP contribution < -0.4 is 5.32 Å². The van der Waals surface area contributed by atoms with Crippen LogP contribution in [0.25, 0.3) is 5.69 Å². The van der Waals surface area contributed by atoms with Gasteiger partial charge in [-0.15, -0.1) is 0 Å². The Labute approximate surface area is 169 Å². The molecule has 1 N–H and O–H groups in total. The van der Waals surface area contributed by atoms with Gasteiger partial charge in [-0.05, 0) is 49.4 Å². The largest absolute Gasteiger partial charge is 0.306 e. The monoisotopic (exact) mass is 401 g/mol. The molecule has 5 nitrogen and oxygen atoms in total. The number of aryl methyl sites for hydroxylation is 2. The number of fused-ring (bicyclic) bond motifs is 1. The number of benzene rings is 1. The molecule has 2 heterocycles. The van der Waals surface area contributed by atoms with Gasteiger partial charge in [-0.3, -0.25) is 4.68 Å². The summed E-state index contributed by atoms with van der Waals surface area (Å²) in [4.78, 5) is 0. The Kier molecular flexibility index (Phi) is 4.79. The van der Waals surface area contributed by atoms with Gasteiger partial charge < -0.3 is 5.32 Å². The molecule has 0 saturated carbocycles. The Morgan fingerprint density at radius 1 is 1.29 bits per heavy atom. The van der Waals surface area contributed by atoms with E-state index in [-0.39, 0.29) is 17.3 Å². The molecule has 0 unspecified atom stereocenters. The fourth-order valence-electron chi connectivity index (χ4n) is 4.13. The van der Waals surface area contributed by atoms with E-state index in [1.54, 1.807) is 16.8 Å². The molecule has 0 spiro atoms. The van der Waals surface area contributed by atoms with Gasteiger partial charge in [-0.25, -0.2) is 9.07 Å². The highest BCUT2D eigenvalue weighted by Gasteiger charge is 2.35. The van der Waals surface area contributed by atoms with Crippen molar-refractivity contribution in [2.45, 2.75) is 46.2 Å². The number of hydrogen-bond acceptors (Lipinski definition) is 3. The predicted molar refractivity (Wildman–Crippen MR) is 108 cm³/mol. The highest BCUT2D eigenvalue weighted by molar-refractivity contribution is 6.30. The topological polar surface area (TPSA) is 47.7 Å². The molecule has 0 radical (unpaired) electrons. The summed E-state index contributed by atoms with van der Waals surface area (Å²) in [5.41, 5.74) is 5.34. The minimum absolute atomic E-state index is 0.121. The summed E-state index contributed by atoms with van der Waals surface area (Å²) in [7, 11) is 1.85. The Balaban J connectivity index is 1.65. The van der Waals surface area contributed by atoms with E-state index in [0.29, 0.717) is 11.7 Å². The molecule has 1 aliphatic carbocycles. The third-order valence-corrected chi connectivity index (χ3v) is 6.02. The van der Waals surface area contributed by atoms with Crippen molar-refractivity contribution in [3.05, 3.63) is 63.9 Å². The lowest BCUT2D eigenvalue weighted by molar-refractivity contribution is 0.252. The first-order chi connectivity index (χ1) is 13.2. The highest BCUT2D eigenvalue weighted by atomic mass is 35.5. The summed E-state index contributed by atoms with van der Waals surface area (Å²) in [5.74, 6) is -0.242. The maximum Gasteiger partial charge on any atom is 0.131 e. The molecule has 148 valence electrons. The third kappa shape index (κ3) is 3.47. The quantitative estimate of drug-likeness (QED) is 0.699. The summed E-state index contributed by atoms with van der Waals surface area (Å²) in [6, 6.07) is 6.65. The van der Waals surface area contributed by atoms with Crippen LogP contribution in [-0.4, -0.2) is 19.6 Å². The lowest BCUT2D eigenvalue weighted by Gasteiger charge is -2.36.